The van der Waals surface area contributed by atoms with E-state index in [4.69, 9.17) is 9.47 Å². The van der Waals surface area contributed by atoms with Gasteiger partial charge in [-0.15, -0.1) is 0 Å². The molecule has 1 N–H and O–H groups in total. The number of piperidine rings is 1. The smallest absolute Gasteiger partial charge is 0.308 e. The lowest BCUT2D eigenvalue weighted by Crippen LogP contribution is -2.47. The van der Waals surface area contributed by atoms with E-state index in [2.05, 4.69) is 39.5 Å². The molecule has 26 heavy (non-hydrogen) atoms. The highest BCUT2D eigenvalue weighted by atomic mass is 16.5. The molecule has 1 aliphatic rings. The number of esters is 1. The lowest BCUT2D eigenvalue weighted by Gasteiger charge is -2.33. The molecular formula is C20H31N3O3. The van der Waals surface area contributed by atoms with Crippen LogP contribution < -0.4 is 5.32 Å². The van der Waals surface area contributed by atoms with E-state index in [0.717, 1.165) is 64.5 Å². The second kappa shape index (κ2) is 11.5. The third-order valence-electron chi connectivity index (χ3n) is 4.67. The Balaban J connectivity index is 1.56. The molecule has 0 aromatic heterocycles. The minimum Gasteiger partial charge on any atom is -0.469 e. The monoisotopic (exact) mass is 361 g/mol. The van der Waals surface area contributed by atoms with Crippen LogP contribution in [0.25, 0.3) is 0 Å². The fourth-order valence-electron chi connectivity index (χ4n) is 3.14. The second-order valence-electron chi connectivity index (χ2n) is 6.46. The van der Waals surface area contributed by atoms with Crippen LogP contribution in [0.5, 0.6) is 0 Å². The Hall–Kier alpha value is -2.08. The molecule has 6 heteroatoms. The van der Waals surface area contributed by atoms with Crippen molar-refractivity contribution < 1.29 is 14.3 Å². The first-order valence-electron chi connectivity index (χ1n) is 9.39. The SMILES string of the molecule is CN=C(NCCCOCCc1ccccc1)N1CCC(C(=O)OC)CC1. The number of aliphatic imine (C=N–C) groups is 1. The zero-order valence-electron chi connectivity index (χ0n) is 15.9. The first kappa shape index (κ1) is 20.2. The van der Waals surface area contributed by atoms with E-state index >= 15 is 0 Å². The van der Waals surface area contributed by atoms with Crippen molar-refractivity contribution in [2.75, 3.05) is 47.0 Å². The quantitative estimate of drug-likeness (QED) is 0.332. The number of likely N-dealkylation sites (tertiary alicyclic amines) is 1. The number of nitrogens with zero attached hydrogens (tertiary/aromatic N) is 2. The van der Waals surface area contributed by atoms with E-state index in [1.165, 1.54) is 12.7 Å². The van der Waals surface area contributed by atoms with Gasteiger partial charge < -0.3 is 19.7 Å². The van der Waals surface area contributed by atoms with Gasteiger partial charge in [0.25, 0.3) is 0 Å². The van der Waals surface area contributed by atoms with Crippen LogP contribution in [-0.4, -0.2) is 63.8 Å². The van der Waals surface area contributed by atoms with Crippen molar-refractivity contribution >= 4 is 11.9 Å². The normalized spacial score (nSPS) is 15.8. The summed E-state index contributed by atoms with van der Waals surface area (Å²) in [6.45, 7) is 3.97. The third kappa shape index (κ3) is 6.67. The highest BCUT2D eigenvalue weighted by Crippen LogP contribution is 2.18. The molecule has 0 spiro atoms. The maximum atomic E-state index is 11.6. The zero-order valence-corrected chi connectivity index (χ0v) is 15.9. The first-order chi connectivity index (χ1) is 12.7. The summed E-state index contributed by atoms with van der Waals surface area (Å²) in [7, 11) is 3.25. The van der Waals surface area contributed by atoms with Gasteiger partial charge in [-0.3, -0.25) is 9.79 Å². The Labute approximate surface area is 156 Å². The van der Waals surface area contributed by atoms with E-state index in [-0.39, 0.29) is 11.9 Å². The molecule has 6 nitrogen and oxygen atoms in total. The van der Waals surface area contributed by atoms with E-state index in [0.29, 0.717) is 0 Å². The Bertz CT molecular complexity index is 555. The van der Waals surface area contributed by atoms with Gasteiger partial charge in [0.2, 0.25) is 0 Å². The number of rotatable bonds is 8. The fraction of sp³-hybridized carbons (Fsp3) is 0.600. The predicted octanol–water partition coefficient (Wildman–Crippen LogP) is 2.10. The van der Waals surface area contributed by atoms with Crippen LogP contribution in [-0.2, 0) is 20.7 Å². The first-order valence-corrected chi connectivity index (χ1v) is 9.39. The maximum absolute atomic E-state index is 11.6. The largest absolute Gasteiger partial charge is 0.469 e. The Morgan fingerprint density at radius 1 is 1.23 bits per heavy atom. The lowest BCUT2D eigenvalue weighted by molar-refractivity contribution is -0.146. The molecular weight excluding hydrogens is 330 g/mol. The Morgan fingerprint density at radius 3 is 2.62 bits per heavy atom. The number of methoxy groups -OCH3 is 1. The summed E-state index contributed by atoms with van der Waals surface area (Å²) in [5.74, 6) is 0.824. The molecule has 2 rings (SSSR count). The topological polar surface area (TPSA) is 63.2 Å². The van der Waals surface area contributed by atoms with Gasteiger partial charge in [0, 0.05) is 33.3 Å². The van der Waals surface area contributed by atoms with Crippen molar-refractivity contribution in [3.05, 3.63) is 35.9 Å². The van der Waals surface area contributed by atoms with Gasteiger partial charge in [-0.1, -0.05) is 30.3 Å². The fourth-order valence-corrected chi connectivity index (χ4v) is 3.14. The molecule has 1 aromatic rings. The number of ether oxygens (including phenoxy) is 2. The molecule has 0 amide bonds. The van der Waals surface area contributed by atoms with Crippen LogP contribution in [0, 0.1) is 5.92 Å². The van der Waals surface area contributed by atoms with Crippen molar-refractivity contribution in [2.45, 2.75) is 25.7 Å². The van der Waals surface area contributed by atoms with Gasteiger partial charge >= 0.3 is 5.97 Å². The molecule has 0 saturated carbocycles. The molecule has 0 radical (unpaired) electrons. The molecule has 0 aliphatic carbocycles. The summed E-state index contributed by atoms with van der Waals surface area (Å²) >= 11 is 0. The third-order valence-corrected chi connectivity index (χ3v) is 4.67. The molecule has 1 heterocycles. The molecule has 1 fully saturated rings. The number of hydrogen-bond acceptors (Lipinski definition) is 4. The van der Waals surface area contributed by atoms with Crippen LogP contribution in [0.3, 0.4) is 0 Å². The van der Waals surface area contributed by atoms with E-state index in [9.17, 15) is 4.79 Å². The van der Waals surface area contributed by atoms with Crippen LogP contribution in [0.2, 0.25) is 0 Å². The van der Waals surface area contributed by atoms with Crippen LogP contribution in [0.1, 0.15) is 24.8 Å². The summed E-state index contributed by atoms with van der Waals surface area (Å²) in [6, 6.07) is 10.4. The lowest BCUT2D eigenvalue weighted by atomic mass is 9.97. The number of carbonyl (C=O) groups is 1. The van der Waals surface area contributed by atoms with E-state index < -0.39 is 0 Å². The Kier molecular flexibility index (Phi) is 8.96. The van der Waals surface area contributed by atoms with E-state index in [1.807, 2.05) is 6.07 Å². The number of benzene rings is 1. The molecule has 144 valence electrons. The average molecular weight is 361 g/mol. The molecule has 0 unspecified atom stereocenters. The summed E-state index contributed by atoms with van der Waals surface area (Å²) in [4.78, 5) is 18.2. The van der Waals surface area contributed by atoms with Crippen molar-refractivity contribution in [1.82, 2.24) is 10.2 Å². The highest BCUT2D eigenvalue weighted by Gasteiger charge is 2.26. The van der Waals surface area contributed by atoms with Crippen molar-refractivity contribution in [3.63, 3.8) is 0 Å². The van der Waals surface area contributed by atoms with Gasteiger partial charge in [0.05, 0.1) is 19.6 Å². The minimum atomic E-state index is -0.0970. The van der Waals surface area contributed by atoms with Gasteiger partial charge in [-0.05, 0) is 31.2 Å². The van der Waals surface area contributed by atoms with Crippen LogP contribution >= 0.6 is 0 Å². The van der Waals surface area contributed by atoms with E-state index in [1.54, 1.807) is 7.05 Å². The number of carbonyl (C=O) groups excluding carboxylic acids is 1. The number of hydrogen-bond donors (Lipinski definition) is 1. The predicted molar refractivity (Wildman–Crippen MR) is 103 cm³/mol. The maximum Gasteiger partial charge on any atom is 0.308 e. The highest BCUT2D eigenvalue weighted by molar-refractivity contribution is 5.80. The van der Waals surface area contributed by atoms with Gasteiger partial charge in [-0.25, -0.2) is 0 Å². The van der Waals surface area contributed by atoms with Gasteiger partial charge in [-0.2, -0.15) is 0 Å². The summed E-state index contributed by atoms with van der Waals surface area (Å²) in [5, 5.41) is 3.39. The minimum absolute atomic E-state index is 0.0207. The number of nitrogens with one attached hydrogen (secondary N) is 1. The Morgan fingerprint density at radius 2 is 1.96 bits per heavy atom. The molecule has 1 aliphatic heterocycles. The van der Waals surface area contributed by atoms with Crippen molar-refractivity contribution in [2.24, 2.45) is 10.9 Å². The summed E-state index contributed by atoms with van der Waals surface area (Å²) in [5.41, 5.74) is 1.31. The molecule has 1 saturated heterocycles. The summed E-state index contributed by atoms with van der Waals surface area (Å²) in [6.07, 6.45) is 3.52. The van der Waals surface area contributed by atoms with Crippen LogP contribution in [0.4, 0.5) is 0 Å². The molecule has 1 aromatic carbocycles. The average Bonchev–Trinajstić information content (AvgIpc) is 2.70. The van der Waals surface area contributed by atoms with Crippen LogP contribution in [0.15, 0.2) is 35.3 Å². The van der Waals surface area contributed by atoms with Crippen molar-refractivity contribution in [1.29, 1.82) is 0 Å². The van der Waals surface area contributed by atoms with Crippen molar-refractivity contribution in [3.8, 4) is 0 Å². The number of guanidine groups is 1. The van der Waals surface area contributed by atoms with Gasteiger partial charge in [0.15, 0.2) is 5.96 Å². The zero-order chi connectivity index (χ0) is 18.6. The summed E-state index contributed by atoms with van der Waals surface area (Å²) < 4.78 is 10.5. The molecule has 0 atom stereocenters. The van der Waals surface area contributed by atoms with Gasteiger partial charge in [0.1, 0.15) is 0 Å². The standard InChI is InChI=1S/C20H31N3O3/c1-21-20(23-13-9-18(10-14-23)19(24)25-2)22-12-6-15-26-16-11-17-7-4-3-5-8-17/h3-5,7-8,18H,6,9-16H2,1-2H3,(H,21,22). The second-order valence-corrected chi connectivity index (χ2v) is 6.46. The molecule has 0 bridgehead atoms.